The number of nitrogens with one attached hydrogen (secondary N) is 1. The summed E-state index contributed by atoms with van der Waals surface area (Å²) in [5.74, 6) is 0. The number of alkyl halides is 3. The van der Waals surface area contributed by atoms with Crippen LogP contribution in [-0.4, -0.2) is 36.2 Å². The molecule has 0 spiro atoms. The fourth-order valence-corrected chi connectivity index (χ4v) is 1.33. The lowest BCUT2D eigenvalue weighted by atomic mass is 10.4. The maximum absolute atomic E-state index is 12.0. The van der Waals surface area contributed by atoms with Crippen LogP contribution >= 0.6 is 11.6 Å². The minimum Gasteiger partial charge on any atom is -0.383 e. The van der Waals surface area contributed by atoms with E-state index >= 15 is 0 Å². The average molecular weight is 286 g/mol. The Hall–Kier alpha value is -1.28. The van der Waals surface area contributed by atoms with Crippen LogP contribution in [0.15, 0.2) is 11.0 Å². The van der Waals surface area contributed by atoms with Gasteiger partial charge in [-0.2, -0.15) is 18.3 Å². The van der Waals surface area contributed by atoms with Crippen LogP contribution in [0.5, 0.6) is 0 Å². The fraction of sp³-hybridized carbons (Fsp3) is 0.556. The predicted octanol–water partition coefficient (Wildman–Crippen LogP) is 1.52. The highest BCUT2D eigenvalue weighted by atomic mass is 35.5. The molecule has 1 heterocycles. The summed E-state index contributed by atoms with van der Waals surface area (Å²) in [6, 6.07) is 0. The highest BCUT2D eigenvalue weighted by Gasteiger charge is 2.27. The zero-order chi connectivity index (χ0) is 13.8. The maximum atomic E-state index is 12.0. The standard InChI is InChI=1S/C9H11ClF3N3O2/c1-18-3-2-16-8(17)7(10)6(4-15-16)14-5-9(11,12)13/h4,14H,2-3,5H2,1H3. The number of nitrogens with zero attached hydrogens (tertiary/aromatic N) is 2. The molecule has 0 aromatic carbocycles. The van der Waals surface area contributed by atoms with E-state index in [-0.39, 0.29) is 23.9 Å². The van der Waals surface area contributed by atoms with Gasteiger partial charge in [-0.15, -0.1) is 0 Å². The second kappa shape index (κ2) is 6.05. The Bertz CT molecular complexity index is 461. The van der Waals surface area contributed by atoms with E-state index in [1.807, 2.05) is 5.32 Å². The van der Waals surface area contributed by atoms with Crippen molar-refractivity contribution in [1.29, 1.82) is 0 Å². The van der Waals surface area contributed by atoms with Gasteiger partial charge in [0.15, 0.2) is 0 Å². The van der Waals surface area contributed by atoms with Crippen molar-refractivity contribution in [2.24, 2.45) is 0 Å². The molecule has 1 aromatic heterocycles. The molecule has 0 atom stereocenters. The Morgan fingerprint density at radius 2 is 2.22 bits per heavy atom. The summed E-state index contributed by atoms with van der Waals surface area (Å²) in [6.07, 6.45) is -3.32. The number of hydrogen-bond acceptors (Lipinski definition) is 4. The molecule has 1 rings (SSSR count). The molecule has 0 aliphatic heterocycles. The van der Waals surface area contributed by atoms with E-state index in [2.05, 4.69) is 5.10 Å². The van der Waals surface area contributed by atoms with Gasteiger partial charge in [-0.05, 0) is 0 Å². The third-order valence-corrected chi connectivity index (χ3v) is 2.34. The van der Waals surface area contributed by atoms with E-state index in [1.165, 1.54) is 7.11 Å². The van der Waals surface area contributed by atoms with Crippen molar-refractivity contribution >= 4 is 17.3 Å². The molecule has 0 saturated heterocycles. The highest BCUT2D eigenvalue weighted by molar-refractivity contribution is 6.32. The predicted molar refractivity (Wildman–Crippen MR) is 59.9 cm³/mol. The lowest BCUT2D eigenvalue weighted by molar-refractivity contribution is -0.115. The van der Waals surface area contributed by atoms with Crippen molar-refractivity contribution in [3.8, 4) is 0 Å². The van der Waals surface area contributed by atoms with E-state index in [0.717, 1.165) is 10.9 Å². The summed E-state index contributed by atoms with van der Waals surface area (Å²) in [6.45, 7) is -0.858. The first-order chi connectivity index (χ1) is 8.35. The normalized spacial score (nSPS) is 11.6. The van der Waals surface area contributed by atoms with Crippen LogP contribution in [0.2, 0.25) is 5.02 Å². The van der Waals surface area contributed by atoms with Crippen molar-refractivity contribution in [3.05, 3.63) is 21.6 Å². The molecule has 0 unspecified atom stereocenters. The van der Waals surface area contributed by atoms with Crippen LogP contribution in [-0.2, 0) is 11.3 Å². The van der Waals surface area contributed by atoms with Crippen molar-refractivity contribution in [3.63, 3.8) is 0 Å². The topological polar surface area (TPSA) is 56.1 Å². The number of methoxy groups -OCH3 is 1. The molecule has 18 heavy (non-hydrogen) atoms. The monoisotopic (exact) mass is 285 g/mol. The van der Waals surface area contributed by atoms with Gasteiger partial charge in [0, 0.05) is 7.11 Å². The van der Waals surface area contributed by atoms with E-state index in [1.54, 1.807) is 0 Å². The third kappa shape index (κ3) is 4.19. The van der Waals surface area contributed by atoms with Gasteiger partial charge in [-0.1, -0.05) is 11.6 Å². The first-order valence-electron chi connectivity index (χ1n) is 4.90. The first-order valence-corrected chi connectivity index (χ1v) is 5.28. The van der Waals surface area contributed by atoms with Crippen molar-refractivity contribution in [2.75, 3.05) is 25.6 Å². The molecular formula is C9H11ClF3N3O2. The zero-order valence-corrected chi connectivity index (χ0v) is 10.2. The molecule has 5 nitrogen and oxygen atoms in total. The fourth-order valence-electron chi connectivity index (χ4n) is 1.12. The van der Waals surface area contributed by atoms with E-state index in [4.69, 9.17) is 16.3 Å². The summed E-state index contributed by atoms with van der Waals surface area (Å²) < 4.78 is 41.8. The second-order valence-corrected chi connectivity index (χ2v) is 3.74. The molecule has 0 amide bonds. The van der Waals surface area contributed by atoms with Crippen LogP contribution in [0.25, 0.3) is 0 Å². The van der Waals surface area contributed by atoms with Crippen LogP contribution in [0.4, 0.5) is 18.9 Å². The van der Waals surface area contributed by atoms with Gasteiger partial charge in [0.1, 0.15) is 11.6 Å². The molecule has 0 fully saturated rings. The Labute approximate surface area is 105 Å². The molecule has 0 saturated carbocycles. The van der Waals surface area contributed by atoms with E-state index < -0.39 is 18.3 Å². The summed E-state index contributed by atoms with van der Waals surface area (Å²) >= 11 is 5.66. The van der Waals surface area contributed by atoms with Crippen molar-refractivity contribution < 1.29 is 17.9 Å². The van der Waals surface area contributed by atoms with Crippen molar-refractivity contribution in [1.82, 2.24) is 9.78 Å². The van der Waals surface area contributed by atoms with Crippen LogP contribution in [0.1, 0.15) is 0 Å². The Balaban J connectivity index is 2.84. The Morgan fingerprint density at radius 1 is 1.56 bits per heavy atom. The molecule has 0 aliphatic rings. The van der Waals surface area contributed by atoms with Gasteiger partial charge in [0.25, 0.3) is 5.56 Å². The lowest BCUT2D eigenvalue weighted by Gasteiger charge is -2.11. The Morgan fingerprint density at radius 3 is 2.78 bits per heavy atom. The second-order valence-electron chi connectivity index (χ2n) is 3.36. The Kier molecular flexibility index (Phi) is 4.97. The van der Waals surface area contributed by atoms with Gasteiger partial charge in [-0.25, -0.2) is 4.68 Å². The summed E-state index contributed by atoms with van der Waals surface area (Å²) in [5.41, 5.74) is -0.812. The van der Waals surface area contributed by atoms with Crippen LogP contribution < -0.4 is 10.9 Å². The van der Waals surface area contributed by atoms with Crippen LogP contribution in [0, 0.1) is 0 Å². The van der Waals surface area contributed by atoms with E-state index in [9.17, 15) is 18.0 Å². The highest BCUT2D eigenvalue weighted by Crippen LogP contribution is 2.19. The van der Waals surface area contributed by atoms with Gasteiger partial charge in [-0.3, -0.25) is 4.79 Å². The molecule has 9 heteroatoms. The van der Waals surface area contributed by atoms with Gasteiger partial charge >= 0.3 is 6.18 Å². The number of anilines is 1. The summed E-state index contributed by atoms with van der Waals surface area (Å²) in [4.78, 5) is 11.6. The molecule has 102 valence electrons. The number of hydrogen-bond donors (Lipinski definition) is 1. The van der Waals surface area contributed by atoms with Crippen LogP contribution in [0.3, 0.4) is 0 Å². The van der Waals surface area contributed by atoms with Gasteiger partial charge in [0.05, 0.1) is 25.0 Å². The third-order valence-electron chi connectivity index (χ3n) is 1.97. The molecule has 1 aromatic rings. The van der Waals surface area contributed by atoms with E-state index in [0.29, 0.717) is 0 Å². The molecule has 0 bridgehead atoms. The molecule has 0 radical (unpaired) electrons. The quantitative estimate of drug-likeness (QED) is 0.891. The zero-order valence-electron chi connectivity index (χ0n) is 9.42. The van der Waals surface area contributed by atoms with Crippen molar-refractivity contribution in [2.45, 2.75) is 12.7 Å². The van der Waals surface area contributed by atoms with Gasteiger partial charge < -0.3 is 10.1 Å². The number of rotatable bonds is 5. The maximum Gasteiger partial charge on any atom is 0.405 e. The number of halogens is 4. The number of ether oxygens (including phenoxy) is 1. The minimum atomic E-state index is -4.39. The SMILES string of the molecule is COCCn1ncc(NCC(F)(F)F)c(Cl)c1=O. The molecule has 1 N–H and O–H groups in total. The molecular weight excluding hydrogens is 275 g/mol. The lowest BCUT2D eigenvalue weighted by Crippen LogP contribution is -2.28. The minimum absolute atomic E-state index is 0.146. The first kappa shape index (κ1) is 14.8. The number of aromatic nitrogens is 2. The summed E-state index contributed by atoms with van der Waals surface area (Å²) in [7, 11) is 1.45. The largest absolute Gasteiger partial charge is 0.405 e. The smallest absolute Gasteiger partial charge is 0.383 e. The molecule has 0 aliphatic carbocycles. The average Bonchev–Trinajstić information content (AvgIpc) is 2.28. The summed E-state index contributed by atoms with van der Waals surface area (Å²) in [5, 5.41) is 5.37. The van der Waals surface area contributed by atoms with Gasteiger partial charge in [0.2, 0.25) is 0 Å².